The molecule has 30 heavy (non-hydrogen) atoms. The number of benzene rings is 2. The Balaban J connectivity index is 1.55. The summed E-state index contributed by atoms with van der Waals surface area (Å²) in [5, 5.41) is 10.1. The quantitative estimate of drug-likeness (QED) is 0.589. The monoisotopic (exact) mass is 403 g/mol. The Morgan fingerprint density at radius 1 is 0.867 bits per heavy atom. The fourth-order valence-corrected chi connectivity index (χ4v) is 4.14. The van der Waals surface area contributed by atoms with Gasteiger partial charge in [0.1, 0.15) is 5.75 Å². The van der Waals surface area contributed by atoms with Crippen LogP contribution in [0.2, 0.25) is 0 Å². The second kappa shape index (κ2) is 8.05. The van der Waals surface area contributed by atoms with Crippen LogP contribution in [0, 0.1) is 19.3 Å². The lowest BCUT2D eigenvalue weighted by atomic mass is 9.76. The van der Waals surface area contributed by atoms with Crippen molar-refractivity contribution in [1.82, 2.24) is 15.0 Å². The fourth-order valence-electron chi connectivity index (χ4n) is 4.14. The first-order valence-electron chi connectivity index (χ1n) is 10.6. The average Bonchev–Trinajstić information content (AvgIpc) is 2.70. The Morgan fingerprint density at radius 3 is 2.10 bits per heavy atom. The molecular weight excluding hydrogens is 374 g/mol. The topological polar surface area (TPSA) is 68.1 Å². The van der Waals surface area contributed by atoms with Gasteiger partial charge >= 0.3 is 6.01 Å². The van der Waals surface area contributed by atoms with E-state index >= 15 is 0 Å². The summed E-state index contributed by atoms with van der Waals surface area (Å²) < 4.78 is 6.19. The summed E-state index contributed by atoms with van der Waals surface area (Å²) in [6, 6.07) is 13.5. The number of ether oxygens (including phenoxy) is 1. The number of hydrogen-bond acceptors (Lipinski definition) is 5. The van der Waals surface area contributed by atoms with Gasteiger partial charge in [-0.2, -0.15) is 9.97 Å². The minimum atomic E-state index is -0.275. The van der Waals surface area contributed by atoms with Crippen molar-refractivity contribution in [1.29, 1.82) is 0 Å². The summed E-state index contributed by atoms with van der Waals surface area (Å²) in [4.78, 5) is 12.9. The summed E-state index contributed by atoms with van der Waals surface area (Å²) in [5.74, 6) is 1.79. The van der Waals surface area contributed by atoms with E-state index in [2.05, 4.69) is 28.8 Å². The maximum atomic E-state index is 10.1. The number of aromatic hydroxyl groups is 1. The van der Waals surface area contributed by atoms with Crippen LogP contribution in [0.5, 0.6) is 11.8 Å². The van der Waals surface area contributed by atoms with Crippen molar-refractivity contribution in [3.8, 4) is 34.5 Å². The van der Waals surface area contributed by atoms with Crippen LogP contribution in [0.25, 0.3) is 22.8 Å². The molecular formula is C25H29N3O2. The van der Waals surface area contributed by atoms with Crippen LogP contribution in [-0.2, 0) is 0 Å². The molecule has 1 aromatic heterocycles. The number of hydrogen-bond donors (Lipinski definition) is 1. The van der Waals surface area contributed by atoms with Crippen LogP contribution in [0.1, 0.15) is 50.7 Å². The van der Waals surface area contributed by atoms with Gasteiger partial charge in [0.05, 0.1) is 6.10 Å². The molecule has 1 aliphatic rings. The minimum absolute atomic E-state index is 0.275. The number of rotatable bonds is 4. The predicted octanol–water partition coefficient (Wildman–Crippen LogP) is 5.88. The van der Waals surface area contributed by atoms with Gasteiger partial charge in [-0.15, -0.1) is 0 Å². The van der Waals surface area contributed by atoms with Gasteiger partial charge in [0.2, 0.25) is 0 Å². The van der Waals surface area contributed by atoms with Gasteiger partial charge in [0, 0.05) is 11.1 Å². The molecule has 0 unspecified atom stereocenters. The SMILES string of the molecule is Cc1cccc(C)c1-c1nc(O)nc(-c2ccc(OC3CCC(C)(C)CC3)cc2)n1. The summed E-state index contributed by atoms with van der Waals surface area (Å²) >= 11 is 0. The first-order valence-corrected chi connectivity index (χ1v) is 10.6. The molecule has 0 bridgehead atoms. The molecule has 5 nitrogen and oxygen atoms in total. The predicted molar refractivity (Wildman–Crippen MR) is 119 cm³/mol. The van der Waals surface area contributed by atoms with Crippen LogP contribution in [0.15, 0.2) is 42.5 Å². The number of aromatic nitrogens is 3. The molecule has 1 saturated carbocycles. The van der Waals surface area contributed by atoms with Gasteiger partial charge in [-0.05, 0) is 80.3 Å². The Labute approximate surface area is 178 Å². The Morgan fingerprint density at radius 2 is 1.47 bits per heavy atom. The van der Waals surface area contributed by atoms with Crippen molar-refractivity contribution >= 4 is 0 Å². The van der Waals surface area contributed by atoms with Gasteiger partial charge in [0.15, 0.2) is 11.6 Å². The van der Waals surface area contributed by atoms with Crippen molar-refractivity contribution in [2.45, 2.75) is 59.5 Å². The smallest absolute Gasteiger partial charge is 0.318 e. The highest BCUT2D eigenvalue weighted by Gasteiger charge is 2.27. The zero-order valence-electron chi connectivity index (χ0n) is 18.1. The second-order valence-electron chi connectivity index (χ2n) is 9.06. The van der Waals surface area contributed by atoms with E-state index in [1.54, 1.807) is 0 Å². The molecule has 1 N–H and O–H groups in total. The molecule has 3 aromatic rings. The molecule has 5 heteroatoms. The average molecular weight is 404 g/mol. The summed E-state index contributed by atoms with van der Waals surface area (Å²) in [7, 11) is 0. The van der Waals surface area contributed by atoms with E-state index in [0.717, 1.165) is 40.8 Å². The molecule has 0 atom stereocenters. The maximum absolute atomic E-state index is 10.1. The van der Waals surface area contributed by atoms with Gasteiger partial charge < -0.3 is 9.84 Å². The molecule has 0 amide bonds. The third-order valence-corrected chi connectivity index (χ3v) is 6.03. The molecule has 2 aromatic carbocycles. The molecule has 0 aliphatic heterocycles. The Bertz CT molecular complexity index is 1010. The summed E-state index contributed by atoms with van der Waals surface area (Å²) in [6.07, 6.45) is 4.85. The van der Waals surface area contributed by atoms with Crippen molar-refractivity contribution in [2.75, 3.05) is 0 Å². The van der Waals surface area contributed by atoms with Crippen molar-refractivity contribution in [3.63, 3.8) is 0 Å². The van der Waals surface area contributed by atoms with Crippen molar-refractivity contribution in [2.24, 2.45) is 5.41 Å². The molecule has 0 saturated heterocycles. The zero-order chi connectivity index (χ0) is 21.3. The van der Waals surface area contributed by atoms with Gasteiger partial charge in [-0.1, -0.05) is 32.0 Å². The van der Waals surface area contributed by atoms with E-state index in [0.29, 0.717) is 17.1 Å². The van der Waals surface area contributed by atoms with Crippen LogP contribution >= 0.6 is 0 Å². The lowest BCUT2D eigenvalue weighted by Gasteiger charge is -2.34. The van der Waals surface area contributed by atoms with Gasteiger partial charge in [0.25, 0.3) is 0 Å². The zero-order valence-corrected chi connectivity index (χ0v) is 18.1. The molecule has 0 spiro atoms. The van der Waals surface area contributed by atoms with E-state index < -0.39 is 0 Å². The lowest BCUT2D eigenvalue weighted by Crippen LogP contribution is -2.28. The molecule has 1 heterocycles. The second-order valence-corrected chi connectivity index (χ2v) is 9.06. The van der Waals surface area contributed by atoms with E-state index in [1.165, 1.54) is 12.8 Å². The first-order chi connectivity index (χ1) is 14.3. The Hall–Kier alpha value is -2.95. The third-order valence-electron chi connectivity index (χ3n) is 6.03. The van der Waals surface area contributed by atoms with Crippen LogP contribution in [0.3, 0.4) is 0 Å². The highest BCUT2D eigenvalue weighted by atomic mass is 16.5. The van der Waals surface area contributed by atoms with E-state index in [9.17, 15) is 5.11 Å². The maximum Gasteiger partial charge on any atom is 0.318 e. The van der Waals surface area contributed by atoms with Crippen LogP contribution in [-0.4, -0.2) is 26.2 Å². The number of nitrogens with zero attached hydrogens (tertiary/aromatic N) is 3. The third kappa shape index (κ3) is 4.45. The summed E-state index contributed by atoms with van der Waals surface area (Å²) in [6.45, 7) is 8.69. The normalized spacial score (nSPS) is 16.4. The van der Waals surface area contributed by atoms with Gasteiger partial charge in [-0.25, -0.2) is 4.98 Å². The van der Waals surface area contributed by atoms with Crippen molar-refractivity contribution in [3.05, 3.63) is 53.6 Å². The molecule has 4 rings (SSSR count). The highest BCUT2D eigenvalue weighted by molar-refractivity contribution is 5.67. The molecule has 156 valence electrons. The lowest BCUT2D eigenvalue weighted by molar-refractivity contribution is 0.0988. The Kier molecular flexibility index (Phi) is 5.46. The van der Waals surface area contributed by atoms with Crippen LogP contribution in [0.4, 0.5) is 0 Å². The fraction of sp³-hybridized carbons (Fsp3) is 0.400. The van der Waals surface area contributed by atoms with Gasteiger partial charge in [-0.3, -0.25) is 0 Å². The van der Waals surface area contributed by atoms with Crippen molar-refractivity contribution < 1.29 is 9.84 Å². The standard InChI is InChI=1S/C25H29N3O2/c1-16-6-5-7-17(2)21(16)23-26-22(27-24(29)28-23)18-8-10-19(11-9-18)30-20-12-14-25(3,4)15-13-20/h5-11,20H,12-15H2,1-4H3,(H,26,27,28,29). The van der Waals surface area contributed by atoms with E-state index in [4.69, 9.17) is 4.74 Å². The molecule has 1 aliphatic carbocycles. The summed E-state index contributed by atoms with van der Waals surface area (Å²) in [5.41, 5.74) is 4.29. The van der Waals surface area contributed by atoms with E-state index in [1.807, 2.05) is 56.3 Å². The van der Waals surface area contributed by atoms with E-state index in [-0.39, 0.29) is 12.1 Å². The highest BCUT2D eigenvalue weighted by Crippen LogP contribution is 2.36. The largest absolute Gasteiger partial charge is 0.490 e. The first kappa shape index (κ1) is 20.3. The molecule has 0 radical (unpaired) electrons. The minimum Gasteiger partial charge on any atom is -0.490 e. The number of aryl methyl sites for hydroxylation is 2. The molecule has 1 fully saturated rings. The van der Waals surface area contributed by atoms with Crippen LogP contribution < -0.4 is 4.74 Å².